The summed E-state index contributed by atoms with van der Waals surface area (Å²) in [5.74, 6) is -0.558. The lowest BCUT2D eigenvalue weighted by Crippen LogP contribution is -2.49. The maximum absolute atomic E-state index is 11.7. The van der Waals surface area contributed by atoms with E-state index in [9.17, 15) is 14.7 Å². The molecule has 19 heavy (non-hydrogen) atoms. The molecule has 0 spiro atoms. The van der Waals surface area contributed by atoms with Crippen LogP contribution in [0.5, 0.6) is 0 Å². The van der Waals surface area contributed by atoms with Gasteiger partial charge in [0.2, 0.25) is 5.91 Å². The highest BCUT2D eigenvalue weighted by molar-refractivity contribution is 9.11. The van der Waals surface area contributed by atoms with Gasteiger partial charge in [0.25, 0.3) is 5.91 Å². The van der Waals surface area contributed by atoms with E-state index in [-0.39, 0.29) is 24.9 Å². The van der Waals surface area contributed by atoms with Gasteiger partial charge in [0.1, 0.15) is 0 Å². The Morgan fingerprint density at radius 3 is 2.63 bits per heavy atom. The molecule has 1 aliphatic carbocycles. The second-order valence-corrected chi connectivity index (χ2v) is 7.10. The molecule has 0 aliphatic heterocycles. The van der Waals surface area contributed by atoms with E-state index in [0.29, 0.717) is 4.88 Å². The smallest absolute Gasteiger partial charge is 0.261 e. The first-order chi connectivity index (χ1) is 8.98. The number of carbonyl (C=O) groups excluding carboxylic acids is 2. The monoisotopic (exact) mass is 346 g/mol. The molecule has 0 aromatic carbocycles. The largest absolute Gasteiger partial charge is 0.388 e. The van der Waals surface area contributed by atoms with Crippen LogP contribution in [0.1, 0.15) is 28.9 Å². The van der Waals surface area contributed by atoms with E-state index in [2.05, 4.69) is 26.6 Å². The van der Waals surface area contributed by atoms with Crippen LogP contribution in [0.25, 0.3) is 0 Å². The van der Waals surface area contributed by atoms with Gasteiger partial charge in [-0.25, -0.2) is 0 Å². The van der Waals surface area contributed by atoms with Crippen LogP contribution in [0, 0.1) is 0 Å². The highest BCUT2D eigenvalue weighted by Gasteiger charge is 2.34. The van der Waals surface area contributed by atoms with Crippen molar-refractivity contribution in [2.75, 3.05) is 13.1 Å². The highest BCUT2D eigenvalue weighted by atomic mass is 79.9. The van der Waals surface area contributed by atoms with Crippen molar-refractivity contribution in [1.82, 2.24) is 10.6 Å². The average molecular weight is 347 g/mol. The number of aliphatic hydroxyl groups is 1. The minimum atomic E-state index is -0.738. The normalized spacial score (nSPS) is 16.5. The van der Waals surface area contributed by atoms with Crippen molar-refractivity contribution in [2.24, 2.45) is 0 Å². The molecule has 0 bridgehead atoms. The highest BCUT2D eigenvalue weighted by Crippen LogP contribution is 2.30. The molecule has 104 valence electrons. The van der Waals surface area contributed by atoms with Gasteiger partial charge in [-0.1, -0.05) is 0 Å². The Morgan fingerprint density at radius 2 is 2.11 bits per heavy atom. The summed E-state index contributed by atoms with van der Waals surface area (Å²) in [7, 11) is 0. The quantitative estimate of drug-likeness (QED) is 0.751. The van der Waals surface area contributed by atoms with Crippen molar-refractivity contribution >= 4 is 39.1 Å². The van der Waals surface area contributed by atoms with Gasteiger partial charge < -0.3 is 15.7 Å². The zero-order chi connectivity index (χ0) is 13.9. The SMILES string of the molecule is O=C(CNC(=O)c1ccc(Br)s1)NCC1(O)CCC1. The molecule has 0 unspecified atom stereocenters. The van der Waals surface area contributed by atoms with E-state index >= 15 is 0 Å². The minimum absolute atomic E-state index is 0.0789. The fourth-order valence-electron chi connectivity index (χ4n) is 1.77. The molecule has 7 heteroatoms. The third-order valence-corrected chi connectivity index (χ3v) is 4.73. The molecule has 5 nitrogen and oxygen atoms in total. The van der Waals surface area contributed by atoms with Gasteiger partial charge in [0, 0.05) is 6.54 Å². The fraction of sp³-hybridized carbons (Fsp3) is 0.500. The molecule has 1 heterocycles. The van der Waals surface area contributed by atoms with Crippen LogP contribution in [-0.4, -0.2) is 35.6 Å². The average Bonchev–Trinajstić information content (AvgIpc) is 2.77. The number of nitrogens with one attached hydrogen (secondary N) is 2. The number of carbonyl (C=O) groups is 2. The second kappa shape index (κ2) is 6.02. The number of amides is 2. The standard InChI is InChI=1S/C12H15BrN2O3S/c13-9-3-2-8(19-9)11(17)14-6-10(16)15-7-12(18)4-1-5-12/h2-3,18H,1,4-7H2,(H,14,17)(H,15,16). The third kappa shape index (κ3) is 4.02. The van der Waals surface area contributed by atoms with Crippen LogP contribution in [0.4, 0.5) is 0 Å². The second-order valence-electron chi connectivity index (χ2n) is 4.64. The van der Waals surface area contributed by atoms with Crippen LogP contribution in [0.15, 0.2) is 15.9 Å². The van der Waals surface area contributed by atoms with Crippen molar-refractivity contribution in [3.63, 3.8) is 0 Å². The van der Waals surface area contributed by atoms with Gasteiger partial charge in [-0.05, 0) is 47.3 Å². The summed E-state index contributed by atoms with van der Waals surface area (Å²) in [6.45, 7) is 0.177. The van der Waals surface area contributed by atoms with Crippen LogP contribution >= 0.6 is 27.3 Å². The van der Waals surface area contributed by atoms with Gasteiger partial charge >= 0.3 is 0 Å². The van der Waals surface area contributed by atoms with E-state index in [0.717, 1.165) is 23.0 Å². The number of hydrogen-bond acceptors (Lipinski definition) is 4. The van der Waals surface area contributed by atoms with Gasteiger partial charge in [-0.2, -0.15) is 0 Å². The van der Waals surface area contributed by atoms with Crippen molar-refractivity contribution in [1.29, 1.82) is 0 Å². The molecular formula is C12H15BrN2O3S. The van der Waals surface area contributed by atoms with E-state index in [4.69, 9.17) is 0 Å². The topological polar surface area (TPSA) is 78.4 Å². The summed E-state index contributed by atoms with van der Waals surface area (Å²) in [6.07, 6.45) is 2.45. The summed E-state index contributed by atoms with van der Waals surface area (Å²) < 4.78 is 0.870. The summed E-state index contributed by atoms with van der Waals surface area (Å²) in [5.41, 5.74) is -0.738. The van der Waals surface area contributed by atoms with Crippen LogP contribution < -0.4 is 10.6 Å². The molecule has 0 atom stereocenters. The van der Waals surface area contributed by atoms with Crippen LogP contribution in [0.2, 0.25) is 0 Å². The Hall–Kier alpha value is -0.920. The van der Waals surface area contributed by atoms with Gasteiger partial charge in [0.15, 0.2) is 0 Å². The Kier molecular flexibility index (Phi) is 4.59. The van der Waals surface area contributed by atoms with Gasteiger partial charge in [0.05, 0.1) is 20.8 Å². The molecule has 1 fully saturated rings. The summed E-state index contributed by atoms with van der Waals surface area (Å²) in [4.78, 5) is 23.8. The molecule has 1 aliphatic rings. The summed E-state index contributed by atoms with van der Waals surface area (Å²) >= 11 is 4.58. The summed E-state index contributed by atoms with van der Waals surface area (Å²) in [6, 6.07) is 3.48. The first-order valence-corrected chi connectivity index (χ1v) is 7.62. The number of thiophene rings is 1. The van der Waals surface area contributed by atoms with E-state index < -0.39 is 5.60 Å². The summed E-state index contributed by atoms with van der Waals surface area (Å²) in [5, 5.41) is 15.0. The molecule has 0 radical (unpaired) electrons. The Bertz CT molecular complexity index is 485. The molecule has 2 rings (SSSR count). The number of hydrogen-bond donors (Lipinski definition) is 3. The Morgan fingerprint density at radius 1 is 1.37 bits per heavy atom. The molecule has 2 amide bonds. The number of rotatable bonds is 5. The van der Waals surface area contributed by atoms with Gasteiger partial charge in [-0.3, -0.25) is 9.59 Å². The molecule has 3 N–H and O–H groups in total. The lowest BCUT2D eigenvalue weighted by atomic mass is 9.80. The maximum atomic E-state index is 11.7. The van der Waals surface area contributed by atoms with Crippen LogP contribution in [0.3, 0.4) is 0 Å². The van der Waals surface area contributed by atoms with E-state index in [1.165, 1.54) is 11.3 Å². The molecule has 0 saturated heterocycles. The van der Waals surface area contributed by atoms with Gasteiger partial charge in [-0.15, -0.1) is 11.3 Å². The lowest BCUT2D eigenvalue weighted by Gasteiger charge is -2.36. The molecule has 1 aromatic heterocycles. The lowest BCUT2D eigenvalue weighted by molar-refractivity contribution is -0.122. The first-order valence-electron chi connectivity index (χ1n) is 6.01. The third-order valence-electron chi connectivity index (χ3n) is 3.11. The molecule has 1 saturated carbocycles. The fourth-order valence-corrected chi connectivity index (χ4v) is 3.07. The van der Waals surface area contributed by atoms with Crippen molar-refractivity contribution < 1.29 is 14.7 Å². The minimum Gasteiger partial charge on any atom is -0.388 e. The Labute approximate surface area is 123 Å². The Balaban J connectivity index is 1.70. The van der Waals surface area contributed by atoms with Crippen molar-refractivity contribution in [2.45, 2.75) is 24.9 Å². The predicted molar refractivity (Wildman–Crippen MR) is 76.2 cm³/mol. The predicted octanol–water partition coefficient (Wildman–Crippen LogP) is 1.27. The van der Waals surface area contributed by atoms with E-state index in [1.54, 1.807) is 12.1 Å². The maximum Gasteiger partial charge on any atom is 0.261 e. The first kappa shape index (κ1) is 14.5. The molecule has 1 aromatic rings. The van der Waals surface area contributed by atoms with Crippen molar-refractivity contribution in [3.8, 4) is 0 Å². The zero-order valence-corrected chi connectivity index (χ0v) is 12.6. The zero-order valence-electron chi connectivity index (χ0n) is 10.2. The molecular weight excluding hydrogens is 332 g/mol. The van der Waals surface area contributed by atoms with E-state index in [1.807, 2.05) is 0 Å². The number of halogens is 1. The van der Waals surface area contributed by atoms with Crippen molar-refractivity contribution in [3.05, 3.63) is 20.8 Å². The van der Waals surface area contributed by atoms with Crippen LogP contribution in [-0.2, 0) is 4.79 Å².